The SMILES string of the molecule is Cc1[nH]cnc1CN1CCO[C@H](c2cccc(N(C)C)n2)C1. The number of aryl methyl sites for hydroxylation is 1. The van der Waals surface area contributed by atoms with Crippen molar-refractivity contribution in [3.05, 3.63) is 41.6 Å². The van der Waals surface area contributed by atoms with Gasteiger partial charge in [0.15, 0.2) is 0 Å². The lowest BCUT2D eigenvalue weighted by molar-refractivity contribution is -0.0353. The Morgan fingerprint density at radius 1 is 1.41 bits per heavy atom. The van der Waals surface area contributed by atoms with Gasteiger partial charge in [0.05, 0.1) is 24.3 Å². The maximum Gasteiger partial charge on any atom is 0.128 e. The number of anilines is 1. The third kappa shape index (κ3) is 3.28. The van der Waals surface area contributed by atoms with Crippen LogP contribution in [0.25, 0.3) is 0 Å². The Balaban J connectivity index is 1.70. The Kier molecular flexibility index (Phi) is 4.40. The van der Waals surface area contributed by atoms with Crippen LogP contribution < -0.4 is 4.90 Å². The summed E-state index contributed by atoms with van der Waals surface area (Å²) >= 11 is 0. The molecule has 0 amide bonds. The molecular formula is C16H23N5O. The first-order valence-electron chi connectivity index (χ1n) is 7.60. The smallest absolute Gasteiger partial charge is 0.128 e. The van der Waals surface area contributed by atoms with Crippen molar-refractivity contribution in [3.63, 3.8) is 0 Å². The van der Waals surface area contributed by atoms with Gasteiger partial charge in [-0.1, -0.05) is 6.07 Å². The molecule has 0 spiro atoms. The van der Waals surface area contributed by atoms with Crippen LogP contribution in [0.4, 0.5) is 5.82 Å². The van der Waals surface area contributed by atoms with E-state index in [0.717, 1.165) is 49.1 Å². The molecule has 1 fully saturated rings. The highest BCUT2D eigenvalue weighted by atomic mass is 16.5. The molecule has 6 nitrogen and oxygen atoms in total. The minimum Gasteiger partial charge on any atom is -0.369 e. The van der Waals surface area contributed by atoms with Gasteiger partial charge < -0.3 is 14.6 Å². The molecule has 22 heavy (non-hydrogen) atoms. The van der Waals surface area contributed by atoms with Crippen LogP contribution in [-0.4, -0.2) is 53.6 Å². The molecular weight excluding hydrogens is 278 g/mol. The molecule has 1 aliphatic heterocycles. The minimum atomic E-state index is 0.0212. The molecule has 2 aromatic rings. The molecule has 0 aliphatic carbocycles. The van der Waals surface area contributed by atoms with Crippen LogP contribution in [0.5, 0.6) is 0 Å². The number of pyridine rings is 1. The third-order valence-electron chi connectivity index (χ3n) is 4.00. The molecule has 1 saturated heterocycles. The van der Waals surface area contributed by atoms with Crippen molar-refractivity contribution in [2.24, 2.45) is 0 Å². The molecule has 3 rings (SSSR count). The Bertz CT molecular complexity index is 625. The fourth-order valence-electron chi connectivity index (χ4n) is 2.65. The van der Waals surface area contributed by atoms with E-state index in [1.165, 1.54) is 0 Å². The van der Waals surface area contributed by atoms with Crippen LogP contribution in [0.2, 0.25) is 0 Å². The summed E-state index contributed by atoms with van der Waals surface area (Å²) in [7, 11) is 4.00. The standard InChI is InChI=1S/C16H23N5O/c1-12-14(18-11-17-12)9-21-7-8-22-15(10-21)13-5-4-6-16(19-13)20(2)3/h4-6,11,15H,7-10H2,1-3H3,(H,17,18)/t15-/m0/s1. The van der Waals surface area contributed by atoms with Gasteiger partial charge >= 0.3 is 0 Å². The highest BCUT2D eigenvalue weighted by molar-refractivity contribution is 5.37. The number of hydrogen-bond acceptors (Lipinski definition) is 5. The number of imidazole rings is 1. The lowest BCUT2D eigenvalue weighted by Gasteiger charge is -2.32. The molecule has 0 bridgehead atoms. The van der Waals surface area contributed by atoms with Crippen molar-refractivity contribution in [2.75, 3.05) is 38.7 Å². The molecule has 0 saturated carbocycles. The van der Waals surface area contributed by atoms with Crippen molar-refractivity contribution in [1.29, 1.82) is 0 Å². The first-order chi connectivity index (χ1) is 10.6. The monoisotopic (exact) mass is 301 g/mol. The number of aromatic amines is 1. The maximum absolute atomic E-state index is 5.93. The van der Waals surface area contributed by atoms with Crippen LogP contribution in [0, 0.1) is 6.92 Å². The molecule has 0 radical (unpaired) electrons. The van der Waals surface area contributed by atoms with Crippen molar-refractivity contribution < 1.29 is 4.74 Å². The number of rotatable bonds is 4. The zero-order valence-corrected chi connectivity index (χ0v) is 13.4. The second-order valence-corrected chi connectivity index (χ2v) is 5.88. The van der Waals surface area contributed by atoms with E-state index < -0.39 is 0 Å². The molecule has 1 atom stereocenters. The van der Waals surface area contributed by atoms with Crippen molar-refractivity contribution in [2.45, 2.75) is 19.6 Å². The van der Waals surface area contributed by atoms with Gasteiger partial charge in [-0.2, -0.15) is 0 Å². The second kappa shape index (κ2) is 6.46. The highest BCUT2D eigenvalue weighted by Gasteiger charge is 2.24. The highest BCUT2D eigenvalue weighted by Crippen LogP contribution is 2.23. The predicted octanol–water partition coefficient (Wildman–Crippen LogP) is 1.75. The Labute approximate surface area is 131 Å². The third-order valence-corrected chi connectivity index (χ3v) is 4.00. The molecule has 118 valence electrons. The summed E-state index contributed by atoms with van der Waals surface area (Å²) in [5.74, 6) is 0.960. The van der Waals surface area contributed by atoms with Crippen LogP contribution in [0.15, 0.2) is 24.5 Å². The van der Waals surface area contributed by atoms with Crippen LogP contribution >= 0.6 is 0 Å². The predicted molar refractivity (Wildman–Crippen MR) is 85.9 cm³/mol. The van der Waals surface area contributed by atoms with Crippen LogP contribution in [0.3, 0.4) is 0 Å². The minimum absolute atomic E-state index is 0.0212. The molecule has 1 N–H and O–H groups in total. The van der Waals surface area contributed by atoms with Crippen LogP contribution in [-0.2, 0) is 11.3 Å². The zero-order chi connectivity index (χ0) is 15.5. The number of H-pyrrole nitrogens is 1. The van der Waals surface area contributed by atoms with E-state index in [1.807, 2.05) is 37.2 Å². The van der Waals surface area contributed by atoms with Crippen molar-refractivity contribution in [3.8, 4) is 0 Å². The normalized spacial score (nSPS) is 19.3. The summed E-state index contributed by atoms with van der Waals surface area (Å²) < 4.78 is 5.93. The summed E-state index contributed by atoms with van der Waals surface area (Å²) in [5, 5.41) is 0. The summed E-state index contributed by atoms with van der Waals surface area (Å²) in [4.78, 5) is 16.6. The van der Waals surface area contributed by atoms with Gasteiger partial charge in [0, 0.05) is 39.4 Å². The van der Waals surface area contributed by atoms with Crippen molar-refractivity contribution in [1.82, 2.24) is 19.9 Å². The molecule has 6 heteroatoms. The lowest BCUT2D eigenvalue weighted by atomic mass is 10.1. The van der Waals surface area contributed by atoms with Gasteiger partial charge in [0.25, 0.3) is 0 Å². The number of nitrogens with zero attached hydrogens (tertiary/aromatic N) is 4. The number of ether oxygens (including phenoxy) is 1. The molecule has 0 unspecified atom stereocenters. The average molecular weight is 301 g/mol. The van der Waals surface area contributed by atoms with Gasteiger partial charge in [-0.3, -0.25) is 4.90 Å². The van der Waals surface area contributed by atoms with Gasteiger partial charge in [0.2, 0.25) is 0 Å². The van der Waals surface area contributed by atoms with Gasteiger partial charge in [-0.05, 0) is 19.1 Å². The summed E-state index contributed by atoms with van der Waals surface area (Å²) in [6.07, 6.45) is 1.78. The van der Waals surface area contributed by atoms with E-state index in [4.69, 9.17) is 9.72 Å². The van der Waals surface area contributed by atoms with E-state index >= 15 is 0 Å². The summed E-state index contributed by atoms with van der Waals surface area (Å²) in [5.41, 5.74) is 3.24. The maximum atomic E-state index is 5.93. The summed E-state index contributed by atoms with van der Waals surface area (Å²) in [6.45, 7) is 5.40. The lowest BCUT2D eigenvalue weighted by Crippen LogP contribution is -2.38. The Morgan fingerprint density at radius 2 is 2.27 bits per heavy atom. The van der Waals surface area contributed by atoms with Gasteiger partial charge in [-0.15, -0.1) is 0 Å². The quantitative estimate of drug-likeness (QED) is 0.932. The van der Waals surface area contributed by atoms with E-state index in [9.17, 15) is 0 Å². The van der Waals surface area contributed by atoms with E-state index in [-0.39, 0.29) is 6.10 Å². The van der Waals surface area contributed by atoms with E-state index in [0.29, 0.717) is 0 Å². The largest absolute Gasteiger partial charge is 0.369 e. The van der Waals surface area contributed by atoms with Gasteiger partial charge in [-0.25, -0.2) is 9.97 Å². The van der Waals surface area contributed by atoms with E-state index in [2.05, 4.69) is 21.8 Å². The Morgan fingerprint density at radius 3 is 3.00 bits per heavy atom. The molecule has 0 aromatic carbocycles. The number of hydrogen-bond donors (Lipinski definition) is 1. The number of nitrogens with one attached hydrogen (secondary N) is 1. The summed E-state index contributed by atoms with van der Waals surface area (Å²) in [6, 6.07) is 6.09. The number of morpholine rings is 1. The average Bonchev–Trinajstić information content (AvgIpc) is 2.93. The zero-order valence-electron chi connectivity index (χ0n) is 13.4. The second-order valence-electron chi connectivity index (χ2n) is 5.88. The first-order valence-corrected chi connectivity index (χ1v) is 7.60. The van der Waals surface area contributed by atoms with E-state index in [1.54, 1.807) is 6.33 Å². The fourth-order valence-corrected chi connectivity index (χ4v) is 2.65. The fraction of sp³-hybridized carbons (Fsp3) is 0.500. The molecule has 1 aliphatic rings. The van der Waals surface area contributed by atoms with Crippen molar-refractivity contribution >= 4 is 5.82 Å². The number of aromatic nitrogens is 3. The topological polar surface area (TPSA) is 57.3 Å². The Hall–Kier alpha value is -1.92. The molecule has 3 heterocycles. The van der Waals surface area contributed by atoms with Gasteiger partial charge in [0.1, 0.15) is 11.9 Å². The van der Waals surface area contributed by atoms with Crippen LogP contribution in [0.1, 0.15) is 23.2 Å². The molecule has 2 aromatic heterocycles. The first kappa shape index (κ1) is 15.0.